The largest absolute Gasteiger partial charge is 0.425 e. The van der Waals surface area contributed by atoms with Gasteiger partial charge in [0.15, 0.2) is 5.82 Å². The van der Waals surface area contributed by atoms with Gasteiger partial charge in [0.1, 0.15) is 9.75 Å². The number of amides is 1. The van der Waals surface area contributed by atoms with Gasteiger partial charge in [-0.25, -0.2) is 13.2 Å². The van der Waals surface area contributed by atoms with Gasteiger partial charge in [-0.2, -0.15) is 13.2 Å². The first-order valence-electron chi connectivity index (χ1n) is 6.35. The number of halogens is 7. The van der Waals surface area contributed by atoms with E-state index in [1.54, 1.807) is 0 Å². The third-order valence-corrected chi connectivity index (χ3v) is 4.40. The van der Waals surface area contributed by atoms with E-state index in [2.05, 4.69) is 0 Å². The molecule has 2 aromatic rings. The van der Waals surface area contributed by atoms with Crippen LogP contribution in [0.4, 0.5) is 32.0 Å². The second-order valence-corrected chi connectivity index (χ2v) is 6.12. The molecular formula is C13H7ClF6N2O2S. The molecule has 0 bridgehead atoms. The second kappa shape index (κ2) is 7.08. The molecule has 4 nitrogen and oxygen atoms in total. The van der Waals surface area contributed by atoms with E-state index in [1.807, 2.05) is 5.32 Å². The zero-order chi connectivity index (χ0) is 18.9. The van der Waals surface area contributed by atoms with Crippen molar-refractivity contribution in [3.05, 3.63) is 49.3 Å². The summed E-state index contributed by atoms with van der Waals surface area (Å²) in [5.74, 6) is -2.51. The molecule has 0 aliphatic heterocycles. The molecule has 1 amide bonds. The molecular weight excluding hydrogens is 398 g/mol. The van der Waals surface area contributed by atoms with Crippen LogP contribution in [0, 0.1) is 5.82 Å². The third kappa shape index (κ3) is 4.54. The lowest BCUT2D eigenvalue weighted by molar-refractivity contribution is -0.134. The molecule has 2 heterocycles. The van der Waals surface area contributed by atoms with Gasteiger partial charge in [-0.1, -0.05) is 11.6 Å². The number of carbonyl (C=O) groups excluding carboxylic acids is 1. The Morgan fingerprint density at radius 1 is 1.32 bits per heavy atom. The average Bonchev–Trinajstić information content (AvgIpc) is 2.86. The molecule has 0 atom stereocenters. The number of hydrogen-bond donors (Lipinski definition) is 1. The Bertz CT molecular complexity index is 861. The number of carbonyl (C=O) groups is 1. The molecule has 136 valence electrons. The van der Waals surface area contributed by atoms with E-state index in [1.165, 1.54) is 0 Å². The molecule has 0 aliphatic rings. The van der Waals surface area contributed by atoms with Crippen LogP contribution in [0.25, 0.3) is 0 Å². The Morgan fingerprint density at radius 3 is 2.48 bits per heavy atom. The zero-order valence-electron chi connectivity index (χ0n) is 11.8. The summed E-state index contributed by atoms with van der Waals surface area (Å²) in [6, 6.07) is 1.12. The summed E-state index contributed by atoms with van der Waals surface area (Å²) in [7, 11) is 0. The molecule has 0 saturated heterocycles. The van der Waals surface area contributed by atoms with Crippen LogP contribution in [0.1, 0.15) is 14.5 Å². The van der Waals surface area contributed by atoms with Crippen molar-refractivity contribution in [1.82, 2.24) is 4.57 Å². The fourth-order valence-electron chi connectivity index (χ4n) is 1.80. The van der Waals surface area contributed by atoms with E-state index in [0.717, 1.165) is 6.20 Å². The van der Waals surface area contributed by atoms with Crippen molar-refractivity contribution in [3.8, 4) is 0 Å². The van der Waals surface area contributed by atoms with E-state index in [4.69, 9.17) is 11.6 Å². The van der Waals surface area contributed by atoms with Crippen molar-refractivity contribution < 1.29 is 31.1 Å². The lowest BCUT2D eigenvalue weighted by atomic mass is 10.3. The van der Waals surface area contributed by atoms with E-state index >= 15 is 0 Å². The molecule has 12 heteroatoms. The predicted molar refractivity (Wildman–Crippen MR) is 78.9 cm³/mol. The number of rotatable bonds is 4. The van der Waals surface area contributed by atoms with Crippen molar-refractivity contribution in [2.24, 2.45) is 0 Å². The summed E-state index contributed by atoms with van der Waals surface area (Å²) in [5, 5.41) is 1.54. The van der Waals surface area contributed by atoms with Crippen molar-refractivity contribution in [1.29, 1.82) is 0 Å². The fourth-order valence-corrected chi connectivity index (χ4v) is 2.99. The first kappa shape index (κ1) is 19.3. The summed E-state index contributed by atoms with van der Waals surface area (Å²) >= 11 is 5.65. The molecule has 2 rings (SSSR count). The minimum Gasteiger partial charge on any atom is -0.320 e. The van der Waals surface area contributed by atoms with E-state index in [0.29, 0.717) is 16.7 Å². The summed E-state index contributed by atoms with van der Waals surface area (Å²) in [5.41, 5.74) is -1.72. The van der Waals surface area contributed by atoms with Gasteiger partial charge >= 0.3 is 6.18 Å². The van der Waals surface area contributed by atoms with Crippen LogP contribution in [-0.2, 0) is 12.7 Å². The number of nitrogens with one attached hydrogen (secondary N) is 1. The number of aromatic nitrogens is 1. The van der Waals surface area contributed by atoms with E-state index < -0.39 is 51.2 Å². The standard InChI is InChI=1S/C13H7ClF6N2O2S/c14-6-2-8(13(18,19)20)25-10(6)11(23)21-5-1-7(15)12(24)22(3-5)4-9(16)17/h1-3,9H,4H2,(H,21,23). The van der Waals surface area contributed by atoms with Gasteiger partial charge in [-0.05, 0) is 6.07 Å². The molecule has 1 N–H and O–H groups in total. The molecule has 25 heavy (non-hydrogen) atoms. The number of alkyl halides is 5. The highest BCUT2D eigenvalue weighted by molar-refractivity contribution is 7.15. The van der Waals surface area contributed by atoms with E-state index in [-0.39, 0.29) is 17.0 Å². The van der Waals surface area contributed by atoms with Crippen LogP contribution < -0.4 is 10.9 Å². The molecule has 0 spiro atoms. The normalized spacial score (nSPS) is 11.8. The maximum absolute atomic E-state index is 13.5. The summed E-state index contributed by atoms with van der Waals surface area (Å²) in [6.45, 7) is -1.11. The topological polar surface area (TPSA) is 51.1 Å². The van der Waals surface area contributed by atoms with Gasteiger partial charge in [0.2, 0.25) is 0 Å². The average molecular weight is 405 g/mol. The monoisotopic (exact) mass is 404 g/mol. The maximum Gasteiger partial charge on any atom is 0.425 e. The van der Waals surface area contributed by atoms with Crippen molar-refractivity contribution in [3.63, 3.8) is 0 Å². The first-order chi connectivity index (χ1) is 11.5. The molecule has 0 aromatic carbocycles. The minimum absolute atomic E-state index is 0.0647. The first-order valence-corrected chi connectivity index (χ1v) is 7.54. The van der Waals surface area contributed by atoms with Gasteiger partial charge in [-0.15, -0.1) is 11.3 Å². The van der Waals surface area contributed by atoms with Gasteiger partial charge in [0.25, 0.3) is 17.9 Å². The van der Waals surface area contributed by atoms with Gasteiger partial charge < -0.3 is 9.88 Å². The Morgan fingerprint density at radius 2 is 1.96 bits per heavy atom. The van der Waals surface area contributed by atoms with Crippen molar-refractivity contribution >= 4 is 34.5 Å². The Balaban J connectivity index is 2.31. The highest BCUT2D eigenvalue weighted by atomic mass is 35.5. The van der Waals surface area contributed by atoms with Crippen LogP contribution in [-0.4, -0.2) is 16.9 Å². The SMILES string of the molecule is O=C(Nc1cc(F)c(=O)n(CC(F)F)c1)c1sc(C(F)(F)F)cc1Cl. The van der Waals surface area contributed by atoms with Gasteiger partial charge in [0, 0.05) is 12.3 Å². The quantitative estimate of drug-likeness (QED) is 0.775. The van der Waals surface area contributed by atoms with Gasteiger partial charge in [-0.3, -0.25) is 9.59 Å². The minimum atomic E-state index is -4.70. The molecule has 0 unspecified atom stereocenters. The number of pyridine rings is 1. The second-order valence-electron chi connectivity index (χ2n) is 4.66. The Hall–Kier alpha value is -2.01. The van der Waals surface area contributed by atoms with Crippen LogP contribution in [0.2, 0.25) is 5.02 Å². The van der Waals surface area contributed by atoms with Crippen molar-refractivity contribution in [2.75, 3.05) is 5.32 Å². The predicted octanol–water partition coefficient (Wildman–Crippen LogP) is 4.24. The van der Waals surface area contributed by atoms with Gasteiger partial charge in [0.05, 0.1) is 17.3 Å². The molecule has 0 radical (unpaired) electrons. The fraction of sp³-hybridized carbons (Fsp3) is 0.231. The van der Waals surface area contributed by atoms with Crippen LogP contribution in [0.5, 0.6) is 0 Å². The molecule has 0 fully saturated rings. The number of thiophene rings is 1. The van der Waals surface area contributed by atoms with Crippen LogP contribution in [0.3, 0.4) is 0 Å². The molecule has 0 saturated carbocycles. The van der Waals surface area contributed by atoms with Crippen LogP contribution in [0.15, 0.2) is 23.1 Å². The van der Waals surface area contributed by atoms with E-state index in [9.17, 15) is 35.9 Å². The van der Waals surface area contributed by atoms with Crippen LogP contribution >= 0.6 is 22.9 Å². The number of hydrogen-bond acceptors (Lipinski definition) is 3. The maximum atomic E-state index is 13.5. The summed E-state index contributed by atoms with van der Waals surface area (Å²) in [6.07, 6.45) is -6.91. The number of anilines is 1. The van der Waals surface area contributed by atoms with Crippen molar-refractivity contribution in [2.45, 2.75) is 19.1 Å². The Kier molecular flexibility index (Phi) is 5.47. The Labute approximate surface area is 144 Å². The zero-order valence-corrected chi connectivity index (χ0v) is 13.4. The molecule has 0 aliphatic carbocycles. The highest BCUT2D eigenvalue weighted by Gasteiger charge is 2.34. The lowest BCUT2D eigenvalue weighted by Gasteiger charge is -2.09. The third-order valence-electron chi connectivity index (χ3n) is 2.81. The highest BCUT2D eigenvalue weighted by Crippen LogP contribution is 2.38. The number of nitrogens with zero attached hydrogens (tertiary/aromatic N) is 1. The molecule has 2 aromatic heterocycles. The summed E-state index contributed by atoms with van der Waals surface area (Å²) in [4.78, 5) is 21.8. The lowest BCUT2D eigenvalue weighted by Crippen LogP contribution is -2.26. The summed E-state index contributed by atoms with van der Waals surface area (Å²) < 4.78 is 76.4. The smallest absolute Gasteiger partial charge is 0.320 e.